The van der Waals surface area contributed by atoms with Gasteiger partial charge in [-0.15, -0.1) is 0 Å². The van der Waals surface area contributed by atoms with Gasteiger partial charge in [0.1, 0.15) is 0 Å². The monoisotopic (exact) mass is 655 g/mol. The van der Waals surface area contributed by atoms with Crippen LogP contribution in [-0.2, 0) is 23.6 Å². The van der Waals surface area contributed by atoms with Crippen molar-refractivity contribution in [1.82, 2.24) is 4.31 Å². The van der Waals surface area contributed by atoms with Crippen LogP contribution in [0.15, 0.2) is 0 Å². The maximum atomic E-state index is 14.3. The van der Waals surface area contributed by atoms with E-state index < -0.39 is 88.6 Å². The lowest BCUT2D eigenvalue weighted by Crippen LogP contribution is -2.73. The van der Waals surface area contributed by atoms with Crippen LogP contribution < -0.4 is 0 Å². The summed E-state index contributed by atoms with van der Waals surface area (Å²) in [6, 6.07) is 0. The van der Waals surface area contributed by atoms with Gasteiger partial charge in [0.2, 0.25) is 0 Å². The van der Waals surface area contributed by atoms with E-state index in [1.54, 1.807) is 0 Å². The molecule has 0 bridgehead atoms. The number of rotatable bonds is 16. The molecular formula is C16H21F15NO5PS. The Kier molecular flexibility index (Phi) is 11.4. The van der Waals surface area contributed by atoms with Crippen molar-refractivity contribution >= 4 is 17.6 Å². The van der Waals surface area contributed by atoms with Gasteiger partial charge in [0.05, 0.1) is 19.4 Å². The van der Waals surface area contributed by atoms with E-state index in [2.05, 4.69) is 0 Å². The van der Waals surface area contributed by atoms with E-state index in [0.29, 0.717) is 6.92 Å². The summed E-state index contributed by atoms with van der Waals surface area (Å²) in [7, 11) is -11.3. The van der Waals surface area contributed by atoms with Gasteiger partial charge < -0.3 is 9.05 Å². The molecular weight excluding hydrogens is 634 g/mol. The van der Waals surface area contributed by atoms with Gasteiger partial charge in [-0.1, -0.05) is 6.92 Å². The summed E-state index contributed by atoms with van der Waals surface area (Å²) in [6.07, 6.45) is -9.43. The molecule has 0 aromatic carbocycles. The maximum absolute atomic E-state index is 14.3. The molecule has 23 heteroatoms. The molecule has 0 spiro atoms. The second-order valence-corrected chi connectivity index (χ2v) is 11.6. The summed E-state index contributed by atoms with van der Waals surface area (Å²) in [6.45, 7) is -0.00825. The third-order valence-corrected chi connectivity index (χ3v) is 9.00. The first-order chi connectivity index (χ1) is 17.0. The van der Waals surface area contributed by atoms with Crippen molar-refractivity contribution in [3.8, 4) is 0 Å². The molecule has 0 aromatic heterocycles. The van der Waals surface area contributed by atoms with Crippen LogP contribution in [0.5, 0.6) is 0 Å². The fourth-order valence-corrected chi connectivity index (χ4v) is 5.86. The first-order valence-corrected chi connectivity index (χ1v) is 13.4. The molecule has 0 saturated carbocycles. The summed E-state index contributed by atoms with van der Waals surface area (Å²) in [5, 5.41) is -7.50. The zero-order chi connectivity index (χ0) is 31.7. The molecule has 6 nitrogen and oxygen atoms in total. The van der Waals surface area contributed by atoms with Gasteiger partial charge in [0.25, 0.3) is 10.0 Å². The fraction of sp³-hybridized carbons (Fsp3) is 1.00. The lowest BCUT2D eigenvalue weighted by atomic mass is 9.94. The smallest absolute Gasteiger partial charge is 0.309 e. The number of halogens is 15. The van der Waals surface area contributed by atoms with Crippen molar-refractivity contribution in [2.45, 2.75) is 68.2 Å². The highest BCUT2D eigenvalue weighted by Gasteiger charge is 2.94. The largest absolute Gasteiger partial charge is 0.460 e. The van der Waals surface area contributed by atoms with Crippen LogP contribution in [0.1, 0.15) is 27.2 Å². The van der Waals surface area contributed by atoms with E-state index in [-0.39, 0.29) is 13.2 Å². The third-order valence-electron chi connectivity index (χ3n) is 4.81. The average Bonchev–Trinajstić information content (AvgIpc) is 2.75. The number of nitrogens with zero attached hydrogens (tertiary/aromatic N) is 1. The van der Waals surface area contributed by atoms with Crippen LogP contribution in [0.3, 0.4) is 0 Å². The van der Waals surface area contributed by atoms with Gasteiger partial charge in [0.15, 0.2) is 0 Å². The summed E-state index contributed by atoms with van der Waals surface area (Å²) < 4.78 is 246. The minimum Gasteiger partial charge on any atom is -0.309 e. The predicted octanol–water partition coefficient (Wildman–Crippen LogP) is 6.63. The number of alkyl halides is 15. The van der Waals surface area contributed by atoms with E-state index in [1.807, 2.05) is 0 Å². The molecule has 0 aromatic rings. The van der Waals surface area contributed by atoms with Crippen LogP contribution in [-0.4, -0.2) is 86.2 Å². The normalized spacial score (nSPS) is 15.8. The molecule has 0 fully saturated rings. The van der Waals surface area contributed by atoms with Gasteiger partial charge in [0, 0.05) is 13.1 Å². The van der Waals surface area contributed by atoms with Crippen molar-refractivity contribution in [1.29, 1.82) is 0 Å². The molecule has 39 heavy (non-hydrogen) atoms. The van der Waals surface area contributed by atoms with Crippen LogP contribution >= 0.6 is 7.60 Å². The standard InChI is InChI=1S/C16H21F15NO5PS/c1-4-32(8-7-9-38(33,36-5-2)37-6-3)39(34,35)16(30,31)14(25,26)12(21,22)10(17,18)11(19,20)13(23,24)15(27,28)29/h4-9H2,1-3H3. The Morgan fingerprint density at radius 1 is 0.641 bits per heavy atom. The predicted molar refractivity (Wildman–Crippen MR) is 102 cm³/mol. The van der Waals surface area contributed by atoms with E-state index in [1.165, 1.54) is 13.8 Å². The fourth-order valence-electron chi connectivity index (χ4n) is 2.73. The van der Waals surface area contributed by atoms with Gasteiger partial charge >= 0.3 is 48.6 Å². The summed E-state index contributed by atoms with van der Waals surface area (Å²) in [4.78, 5) is 0. The van der Waals surface area contributed by atoms with Gasteiger partial charge in [-0.05, 0) is 20.3 Å². The van der Waals surface area contributed by atoms with Crippen LogP contribution in [0.25, 0.3) is 0 Å². The third kappa shape index (κ3) is 6.28. The quantitative estimate of drug-likeness (QED) is 0.138. The molecule has 0 aliphatic heterocycles. The average molecular weight is 655 g/mol. The van der Waals surface area contributed by atoms with Gasteiger partial charge in [-0.25, -0.2) is 8.42 Å². The number of hydrogen-bond acceptors (Lipinski definition) is 5. The minimum atomic E-state index is -8.61. The Morgan fingerprint density at radius 3 is 1.33 bits per heavy atom. The molecule has 0 saturated heterocycles. The van der Waals surface area contributed by atoms with Crippen molar-refractivity contribution in [3.63, 3.8) is 0 Å². The highest BCUT2D eigenvalue weighted by atomic mass is 32.2. The van der Waals surface area contributed by atoms with Crippen molar-refractivity contribution in [2.24, 2.45) is 0 Å². The zero-order valence-electron chi connectivity index (χ0n) is 19.8. The molecule has 0 aliphatic carbocycles. The first-order valence-electron chi connectivity index (χ1n) is 10.2. The molecule has 0 N–H and O–H groups in total. The second-order valence-electron chi connectivity index (χ2n) is 7.41. The highest BCUT2D eigenvalue weighted by Crippen LogP contribution is 2.63. The molecule has 0 heterocycles. The Labute approximate surface area is 211 Å². The summed E-state index contributed by atoms with van der Waals surface area (Å²) in [5.41, 5.74) is 0. The Balaban J connectivity index is 6.51. The van der Waals surface area contributed by atoms with E-state index in [9.17, 15) is 78.8 Å². The maximum Gasteiger partial charge on any atom is 0.460 e. The molecule has 0 atom stereocenters. The molecule has 0 aliphatic rings. The van der Waals surface area contributed by atoms with Crippen molar-refractivity contribution in [3.05, 3.63) is 0 Å². The van der Waals surface area contributed by atoms with Crippen molar-refractivity contribution < 1.29 is 87.9 Å². The Morgan fingerprint density at radius 2 is 1.00 bits per heavy atom. The number of hydrogen-bond donors (Lipinski definition) is 0. The lowest BCUT2D eigenvalue weighted by Gasteiger charge is -2.41. The molecule has 0 amide bonds. The van der Waals surface area contributed by atoms with Gasteiger partial charge in [-0.2, -0.15) is 70.2 Å². The Bertz CT molecular complexity index is 977. The summed E-state index contributed by atoms with van der Waals surface area (Å²) >= 11 is 0. The lowest BCUT2D eigenvalue weighted by molar-refractivity contribution is -0.447. The van der Waals surface area contributed by atoms with E-state index in [0.717, 1.165) is 0 Å². The van der Waals surface area contributed by atoms with Gasteiger partial charge in [-0.3, -0.25) is 4.57 Å². The van der Waals surface area contributed by atoms with E-state index in [4.69, 9.17) is 9.05 Å². The van der Waals surface area contributed by atoms with Crippen molar-refractivity contribution in [2.75, 3.05) is 32.5 Å². The zero-order valence-corrected chi connectivity index (χ0v) is 21.5. The SMILES string of the molecule is CCOP(=O)(CCCN(CC)S(=O)(=O)C(F)(F)C(F)(F)C(F)(F)C(F)(F)C(F)(F)C(F)(F)C(F)(F)F)OCC. The molecule has 0 unspecified atom stereocenters. The van der Waals surface area contributed by atoms with Crippen LogP contribution in [0.2, 0.25) is 0 Å². The highest BCUT2D eigenvalue weighted by molar-refractivity contribution is 7.90. The number of sulfonamides is 1. The van der Waals surface area contributed by atoms with Crippen LogP contribution in [0.4, 0.5) is 65.9 Å². The molecule has 0 radical (unpaired) electrons. The second kappa shape index (κ2) is 11.7. The Hall–Kier alpha value is -0.990. The molecule has 0 rings (SSSR count). The topological polar surface area (TPSA) is 72.9 Å². The minimum absolute atomic E-state index is 0.265. The first kappa shape index (κ1) is 38.0. The molecule has 236 valence electrons. The van der Waals surface area contributed by atoms with Crippen LogP contribution in [0, 0.1) is 0 Å². The van der Waals surface area contributed by atoms with E-state index >= 15 is 0 Å². The summed E-state index contributed by atoms with van der Waals surface area (Å²) in [5.74, 6) is -42.0.